The molecule has 90 valence electrons. The van der Waals surface area contributed by atoms with E-state index in [2.05, 4.69) is 5.32 Å². The quantitative estimate of drug-likeness (QED) is 0.456. The van der Waals surface area contributed by atoms with Crippen molar-refractivity contribution in [3.63, 3.8) is 0 Å². The number of aliphatic hydroxyl groups excluding tert-OH is 2. The minimum atomic E-state index is -1.32. The summed E-state index contributed by atoms with van der Waals surface area (Å²) in [7, 11) is 0. The third kappa shape index (κ3) is 2.71. The molecule has 0 bridgehead atoms. The van der Waals surface area contributed by atoms with E-state index in [4.69, 9.17) is 14.9 Å². The van der Waals surface area contributed by atoms with Gasteiger partial charge in [0.25, 0.3) is 0 Å². The zero-order valence-electron chi connectivity index (χ0n) is 8.58. The summed E-state index contributed by atoms with van der Waals surface area (Å²) >= 11 is 0. The Morgan fingerprint density at radius 1 is 1.56 bits per heavy atom. The minimum absolute atomic E-state index is 0.400. The van der Waals surface area contributed by atoms with Crippen molar-refractivity contribution in [3.8, 4) is 0 Å². The summed E-state index contributed by atoms with van der Waals surface area (Å²) in [5, 5.41) is 29.6. The Balaban J connectivity index is 2.90. The molecule has 4 N–H and O–H groups in total. The summed E-state index contributed by atoms with van der Waals surface area (Å²) in [6.45, 7) is 0.701. The van der Waals surface area contributed by atoms with Crippen LogP contribution in [0.25, 0.3) is 0 Å². The molecule has 0 fully saturated rings. The first kappa shape index (κ1) is 12.5. The number of carbonyl (C=O) groups is 2. The number of aliphatic carboxylic acids is 1. The first-order valence-corrected chi connectivity index (χ1v) is 4.63. The molecular weight excluding hydrogens is 218 g/mol. The lowest BCUT2D eigenvalue weighted by molar-refractivity contribution is -0.142. The highest BCUT2D eigenvalue weighted by molar-refractivity contribution is 5.85. The van der Waals surface area contributed by atoms with Crippen molar-refractivity contribution in [2.75, 3.05) is 6.61 Å². The van der Waals surface area contributed by atoms with Crippen LogP contribution in [-0.4, -0.2) is 52.1 Å². The number of amides is 1. The monoisotopic (exact) mass is 231 g/mol. The van der Waals surface area contributed by atoms with Gasteiger partial charge in [-0.05, 0) is 6.08 Å². The molecule has 0 aromatic rings. The summed E-state index contributed by atoms with van der Waals surface area (Å²) in [5.74, 6) is -2.13. The van der Waals surface area contributed by atoms with E-state index < -0.39 is 42.5 Å². The smallest absolute Gasteiger partial charge is 0.370 e. The molecule has 16 heavy (non-hydrogen) atoms. The van der Waals surface area contributed by atoms with E-state index in [0.717, 1.165) is 6.08 Å². The lowest BCUT2D eigenvalue weighted by Gasteiger charge is -2.32. The molecule has 0 saturated heterocycles. The van der Waals surface area contributed by atoms with Crippen LogP contribution >= 0.6 is 0 Å². The molecule has 0 unspecified atom stereocenters. The zero-order valence-corrected chi connectivity index (χ0v) is 8.58. The molecule has 0 radical (unpaired) electrons. The second-order valence-electron chi connectivity index (χ2n) is 3.39. The normalized spacial score (nSPS) is 28.9. The van der Waals surface area contributed by atoms with Gasteiger partial charge in [-0.15, -0.1) is 0 Å². The standard InChI is InChI=1S/C9H13NO6/c1-4(12)10-5-2-6(9(14)15)16-7(3-11)8(5)13/h2,5,7-8,11,13H,3H2,1H3,(H,10,12)(H,14,15)/t5-,7+,8-/m1/s1. The van der Waals surface area contributed by atoms with Gasteiger partial charge in [0.15, 0.2) is 6.10 Å². The van der Waals surface area contributed by atoms with E-state index in [-0.39, 0.29) is 0 Å². The van der Waals surface area contributed by atoms with E-state index >= 15 is 0 Å². The fourth-order valence-corrected chi connectivity index (χ4v) is 1.39. The van der Waals surface area contributed by atoms with Crippen LogP contribution in [0.3, 0.4) is 0 Å². The van der Waals surface area contributed by atoms with Crippen LogP contribution in [-0.2, 0) is 14.3 Å². The van der Waals surface area contributed by atoms with Gasteiger partial charge >= 0.3 is 5.97 Å². The second-order valence-corrected chi connectivity index (χ2v) is 3.39. The van der Waals surface area contributed by atoms with E-state index in [1.54, 1.807) is 0 Å². The van der Waals surface area contributed by atoms with Crippen molar-refractivity contribution in [2.24, 2.45) is 0 Å². The summed E-state index contributed by atoms with van der Waals surface area (Å²) in [6, 6.07) is -0.880. The Kier molecular flexibility index (Phi) is 3.86. The zero-order chi connectivity index (χ0) is 12.3. The number of carboxylic acids is 1. The van der Waals surface area contributed by atoms with Crippen molar-refractivity contribution in [2.45, 2.75) is 25.2 Å². The highest BCUT2D eigenvalue weighted by Gasteiger charge is 2.35. The number of carbonyl (C=O) groups excluding carboxylic acids is 1. The van der Waals surface area contributed by atoms with Gasteiger partial charge in [-0.3, -0.25) is 4.79 Å². The van der Waals surface area contributed by atoms with Gasteiger partial charge in [0, 0.05) is 6.92 Å². The molecule has 7 nitrogen and oxygen atoms in total. The van der Waals surface area contributed by atoms with Crippen molar-refractivity contribution in [1.29, 1.82) is 0 Å². The molecule has 0 aliphatic carbocycles. The Bertz CT molecular complexity index is 326. The maximum atomic E-state index is 10.8. The van der Waals surface area contributed by atoms with Crippen LogP contribution in [0.2, 0.25) is 0 Å². The number of hydrogen-bond donors (Lipinski definition) is 4. The maximum Gasteiger partial charge on any atom is 0.370 e. The molecule has 1 amide bonds. The number of hydrogen-bond acceptors (Lipinski definition) is 5. The molecule has 1 heterocycles. The predicted molar refractivity (Wildman–Crippen MR) is 51.3 cm³/mol. The fraction of sp³-hybridized carbons (Fsp3) is 0.556. The topological polar surface area (TPSA) is 116 Å². The average Bonchev–Trinajstić information content (AvgIpc) is 2.20. The largest absolute Gasteiger partial charge is 0.478 e. The highest BCUT2D eigenvalue weighted by Crippen LogP contribution is 2.18. The minimum Gasteiger partial charge on any atom is -0.478 e. The molecule has 0 saturated carbocycles. The maximum absolute atomic E-state index is 10.8. The summed E-state index contributed by atoms with van der Waals surface area (Å²) in [6.07, 6.45) is -1.15. The van der Waals surface area contributed by atoms with Crippen molar-refractivity contribution >= 4 is 11.9 Å². The molecule has 0 aromatic heterocycles. The van der Waals surface area contributed by atoms with Crippen LogP contribution in [0, 0.1) is 0 Å². The average molecular weight is 231 g/mol. The van der Waals surface area contributed by atoms with E-state index in [1.807, 2.05) is 0 Å². The molecule has 1 aliphatic heterocycles. The van der Waals surface area contributed by atoms with Gasteiger partial charge in [-0.1, -0.05) is 0 Å². The third-order valence-electron chi connectivity index (χ3n) is 2.12. The van der Waals surface area contributed by atoms with Gasteiger partial charge < -0.3 is 25.4 Å². The Morgan fingerprint density at radius 2 is 2.19 bits per heavy atom. The SMILES string of the molecule is CC(=O)N[C@@H]1C=C(C(=O)O)O[C@@H](CO)[C@@H]1O. The first-order chi connectivity index (χ1) is 7.45. The van der Waals surface area contributed by atoms with Crippen molar-refractivity contribution < 1.29 is 29.6 Å². The summed E-state index contributed by atoms with van der Waals surface area (Å²) < 4.78 is 4.83. The van der Waals surface area contributed by atoms with Crippen LogP contribution in [0.15, 0.2) is 11.8 Å². The van der Waals surface area contributed by atoms with Crippen LogP contribution in [0.5, 0.6) is 0 Å². The fourth-order valence-electron chi connectivity index (χ4n) is 1.39. The van der Waals surface area contributed by atoms with Crippen LogP contribution in [0.4, 0.5) is 0 Å². The predicted octanol–water partition coefficient (Wildman–Crippen LogP) is -1.79. The highest BCUT2D eigenvalue weighted by atomic mass is 16.5. The molecular formula is C9H13NO6. The van der Waals surface area contributed by atoms with E-state index in [1.165, 1.54) is 6.92 Å². The summed E-state index contributed by atoms with van der Waals surface area (Å²) in [5.41, 5.74) is 0. The molecule has 0 aromatic carbocycles. The molecule has 0 spiro atoms. The van der Waals surface area contributed by atoms with Gasteiger partial charge in [-0.2, -0.15) is 0 Å². The van der Waals surface area contributed by atoms with Gasteiger partial charge in [0.2, 0.25) is 11.7 Å². The number of carboxylic acid groups (broad SMARTS) is 1. The Morgan fingerprint density at radius 3 is 2.62 bits per heavy atom. The second kappa shape index (κ2) is 4.95. The molecule has 7 heteroatoms. The van der Waals surface area contributed by atoms with Crippen molar-refractivity contribution in [3.05, 3.63) is 11.8 Å². The lowest BCUT2D eigenvalue weighted by Crippen LogP contribution is -2.52. The number of nitrogens with one attached hydrogen (secondary N) is 1. The lowest BCUT2D eigenvalue weighted by atomic mass is 10.0. The third-order valence-corrected chi connectivity index (χ3v) is 2.12. The molecule has 1 aliphatic rings. The Labute approximate surface area is 91.3 Å². The van der Waals surface area contributed by atoms with E-state index in [0.29, 0.717) is 0 Å². The molecule has 3 atom stereocenters. The van der Waals surface area contributed by atoms with Gasteiger partial charge in [-0.25, -0.2) is 4.79 Å². The molecule has 1 rings (SSSR count). The van der Waals surface area contributed by atoms with Crippen LogP contribution in [0.1, 0.15) is 6.92 Å². The van der Waals surface area contributed by atoms with Crippen LogP contribution < -0.4 is 5.32 Å². The number of aliphatic hydroxyl groups is 2. The first-order valence-electron chi connectivity index (χ1n) is 4.63. The Hall–Kier alpha value is -1.60. The summed E-state index contributed by atoms with van der Waals surface area (Å²) in [4.78, 5) is 21.5. The number of ether oxygens (including phenoxy) is 1. The number of rotatable bonds is 3. The van der Waals surface area contributed by atoms with Gasteiger partial charge in [0.05, 0.1) is 12.6 Å². The van der Waals surface area contributed by atoms with E-state index in [9.17, 15) is 14.7 Å². The van der Waals surface area contributed by atoms with Crippen molar-refractivity contribution in [1.82, 2.24) is 5.32 Å². The van der Waals surface area contributed by atoms with Gasteiger partial charge in [0.1, 0.15) is 6.10 Å².